The third-order valence-electron chi connectivity index (χ3n) is 3.52. The molecule has 0 spiro atoms. The van der Waals surface area contributed by atoms with E-state index in [1.54, 1.807) is 7.11 Å². The summed E-state index contributed by atoms with van der Waals surface area (Å²) in [5.74, 6) is 0. The first-order chi connectivity index (χ1) is 8.31. The van der Waals surface area contributed by atoms with Crippen LogP contribution in [-0.2, 0) is 4.74 Å². The molecule has 1 saturated heterocycles. The zero-order valence-corrected chi connectivity index (χ0v) is 10.5. The molecular formula is C14H22N2O. The molecule has 0 aliphatic carbocycles. The van der Waals surface area contributed by atoms with Crippen LogP contribution in [0.4, 0.5) is 0 Å². The van der Waals surface area contributed by atoms with Crippen molar-refractivity contribution in [2.75, 3.05) is 26.8 Å². The van der Waals surface area contributed by atoms with Crippen molar-refractivity contribution >= 4 is 0 Å². The van der Waals surface area contributed by atoms with Crippen LogP contribution in [0.25, 0.3) is 0 Å². The van der Waals surface area contributed by atoms with E-state index in [-0.39, 0.29) is 0 Å². The summed E-state index contributed by atoms with van der Waals surface area (Å²) >= 11 is 0. The Balaban J connectivity index is 2.07. The van der Waals surface area contributed by atoms with E-state index in [9.17, 15) is 0 Å². The quantitative estimate of drug-likeness (QED) is 0.863. The zero-order valence-electron chi connectivity index (χ0n) is 10.5. The molecule has 1 heterocycles. The van der Waals surface area contributed by atoms with Crippen molar-refractivity contribution in [3.8, 4) is 0 Å². The van der Waals surface area contributed by atoms with Gasteiger partial charge in [0.25, 0.3) is 0 Å². The lowest BCUT2D eigenvalue weighted by Crippen LogP contribution is -2.42. The van der Waals surface area contributed by atoms with Crippen LogP contribution in [0, 0.1) is 0 Å². The van der Waals surface area contributed by atoms with Crippen molar-refractivity contribution in [2.45, 2.75) is 24.9 Å². The molecule has 3 heteroatoms. The molecule has 17 heavy (non-hydrogen) atoms. The highest BCUT2D eigenvalue weighted by Crippen LogP contribution is 2.24. The van der Waals surface area contributed by atoms with E-state index < -0.39 is 0 Å². The van der Waals surface area contributed by atoms with Crippen molar-refractivity contribution in [2.24, 2.45) is 5.73 Å². The highest BCUT2D eigenvalue weighted by molar-refractivity contribution is 5.19. The molecular weight excluding hydrogens is 212 g/mol. The van der Waals surface area contributed by atoms with Gasteiger partial charge in [-0.2, -0.15) is 0 Å². The van der Waals surface area contributed by atoms with Gasteiger partial charge in [0.2, 0.25) is 0 Å². The number of ether oxygens (including phenoxy) is 1. The lowest BCUT2D eigenvalue weighted by Gasteiger charge is -2.36. The second kappa shape index (κ2) is 6.15. The van der Waals surface area contributed by atoms with Crippen molar-refractivity contribution < 1.29 is 4.74 Å². The molecule has 0 amide bonds. The fourth-order valence-electron chi connectivity index (χ4n) is 2.48. The van der Waals surface area contributed by atoms with Gasteiger partial charge in [-0.3, -0.25) is 4.90 Å². The summed E-state index contributed by atoms with van der Waals surface area (Å²) in [5, 5.41) is 0. The number of hydrogen-bond acceptors (Lipinski definition) is 3. The third kappa shape index (κ3) is 3.28. The molecule has 1 aliphatic rings. The Morgan fingerprint density at radius 3 is 2.53 bits per heavy atom. The van der Waals surface area contributed by atoms with Gasteiger partial charge in [0.15, 0.2) is 0 Å². The second-order valence-corrected chi connectivity index (χ2v) is 4.76. The Kier molecular flexibility index (Phi) is 4.54. The van der Waals surface area contributed by atoms with Crippen LogP contribution in [0.3, 0.4) is 0 Å². The predicted molar refractivity (Wildman–Crippen MR) is 69.8 cm³/mol. The number of methoxy groups -OCH3 is 1. The minimum Gasteiger partial charge on any atom is -0.383 e. The van der Waals surface area contributed by atoms with Crippen LogP contribution in [0.5, 0.6) is 0 Å². The van der Waals surface area contributed by atoms with Crippen LogP contribution >= 0.6 is 0 Å². The first-order valence-corrected chi connectivity index (χ1v) is 6.35. The standard InChI is InChI=1S/C14H22N2O/c1-17-11-14(12-5-3-2-4-6-12)16-9-7-13(15)8-10-16/h2-6,13-14H,7-11,15H2,1H3. The molecule has 94 valence electrons. The van der Waals surface area contributed by atoms with Crippen molar-refractivity contribution in [3.05, 3.63) is 35.9 Å². The Bertz CT molecular complexity index is 320. The molecule has 0 radical (unpaired) electrons. The summed E-state index contributed by atoms with van der Waals surface area (Å²) in [6.07, 6.45) is 2.18. The summed E-state index contributed by atoms with van der Waals surface area (Å²) in [7, 11) is 1.77. The smallest absolute Gasteiger partial charge is 0.0659 e. The van der Waals surface area contributed by atoms with Gasteiger partial charge in [0.05, 0.1) is 12.6 Å². The van der Waals surface area contributed by atoms with E-state index in [4.69, 9.17) is 10.5 Å². The fraction of sp³-hybridized carbons (Fsp3) is 0.571. The van der Waals surface area contributed by atoms with Crippen molar-refractivity contribution in [3.63, 3.8) is 0 Å². The number of rotatable bonds is 4. The van der Waals surface area contributed by atoms with E-state index in [0.717, 1.165) is 32.5 Å². The Hall–Kier alpha value is -0.900. The third-order valence-corrected chi connectivity index (χ3v) is 3.52. The van der Waals surface area contributed by atoms with Gasteiger partial charge in [-0.25, -0.2) is 0 Å². The summed E-state index contributed by atoms with van der Waals surface area (Å²) in [6.45, 7) is 2.90. The monoisotopic (exact) mass is 234 g/mol. The Morgan fingerprint density at radius 2 is 1.94 bits per heavy atom. The molecule has 2 N–H and O–H groups in total. The Labute approximate surface area is 104 Å². The molecule has 1 aromatic rings. The maximum Gasteiger partial charge on any atom is 0.0659 e. The molecule has 0 saturated carbocycles. The number of nitrogens with two attached hydrogens (primary N) is 1. The van der Waals surface area contributed by atoms with Gasteiger partial charge in [-0.15, -0.1) is 0 Å². The van der Waals surface area contributed by atoms with Gasteiger partial charge >= 0.3 is 0 Å². The average molecular weight is 234 g/mol. The van der Waals surface area contributed by atoms with E-state index in [2.05, 4.69) is 35.2 Å². The minimum atomic E-state index is 0.369. The van der Waals surface area contributed by atoms with Crippen molar-refractivity contribution in [1.82, 2.24) is 4.90 Å². The van der Waals surface area contributed by atoms with E-state index in [1.807, 2.05) is 0 Å². The van der Waals surface area contributed by atoms with E-state index in [0.29, 0.717) is 12.1 Å². The van der Waals surface area contributed by atoms with Gasteiger partial charge in [0.1, 0.15) is 0 Å². The van der Waals surface area contributed by atoms with E-state index in [1.165, 1.54) is 5.56 Å². The van der Waals surface area contributed by atoms with Crippen LogP contribution in [0.2, 0.25) is 0 Å². The number of nitrogens with zero attached hydrogens (tertiary/aromatic N) is 1. The predicted octanol–water partition coefficient (Wildman–Crippen LogP) is 1.80. The lowest BCUT2D eigenvalue weighted by atomic mass is 10.0. The van der Waals surface area contributed by atoms with Crippen LogP contribution < -0.4 is 5.73 Å². The topological polar surface area (TPSA) is 38.5 Å². The summed E-state index contributed by atoms with van der Waals surface area (Å²) in [6, 6.07) is 11.3. The Morgan fingerprint density at radius 1 is 1.29 bits per heavy atom. The molecule has 1 unspecified atom stereocenters. The highest BCUT2D eigenvalue weighted by atomic mass is 16.5. The maximum absolute atomic E-state index is 5.95. The molecule has 0 aromatic heterocycles. The van der Waals surface area contributed by atoms with Crippen LogP contribution in [-0.4, -0.2) is 37.7 Å². The fourth-order valence-corrected chi connectivity index (χ4v) is 2.48. The van der Waals surface area contributed by atoms with E-state index >= 15 is 0 Å². The average Bonchev–Trinajstić information content (AvgIpc) is 2.38. The summed E-state index contributed by atoms with van der Waals surface area (Å²) < 4.78 is 5.37. The SMILES string of the molecule is COCC(c1ccccc1)N1CCC(N)CC1. The molecule has 1 aromatic carbocycles. The highest BCUT2D eigenvalue weighted by Gasteiger charge is 2.24. The summed E-state index contributed by atoms with van der Waals surface area (Å²) in [5.41, 5.74) is 7.29. The summed E-state index contributed by atoms with van der Waals surface area (Å²) in [4.78, 5) is 2.49. The minimum absolute atomic E-state index is 0.369. The zero-order chi connectivity index (χ0) is 12.1. The second-order valence-electron chi connectivity index (χ2n) is 4.76. The van der Waals surface area contributed by atoms with Crippen LogP contribution in [0.15, 0.2) is 30.3 Å². The number of likely N-dealkylation sites (tertiary alicyclic amines) is 1. The van der Waals surface area contributed by atoms with Gasteiger partial charge in [-0.1, -0.05) is 30.3 Å². The van der Waals surface area contributed by atoms with Gasteiger partial charge in [0, 0.05) is 26.2 Å². The molecule has 1 fully saturated rings. The molecule has 1 aliphatic heterocycles. The first-order valence-electron chi connectivity index (χ1n) is 6.35. The molecule has 1 atom stereocenters. The number of benzene rings is 1. The first kappa shape index (κ1) is 12.6. The van der Waals surface area contributed by atoms with Gasteiger partial charge < -0.3 is 10.5 Å². The number of hydrogen-bond donors (Lipinski definition) is 1. The lowest BCUT2D eigenvalue weighted by molar-refractivity contribution is 0.0728. The largest absolute Gasteiger partial charge is 0.383 e. The maximum atomic E-state index is 5.95. The molecule has 3 nitrogen and oxygen atoms in total. The van der Waals surface area contributed by atoms with Crippen molar-refractivity contribution in [1.29, 1.82) is 0 Å². The molecule has 0 bridgehead atoms. The normalized spacial score (nSPS) is 20.4. The molecule has 2 rings (SSSR count). The number of piperidine rings is 1. The van der Waals surface area contributed by atoms with Gasteiger partial charge in [-0.05, 0) is 18.4 Å². The van der Waals surface area contributed by atoms with Crippen LogP contribution in [0.1, 0.15) is 24.4 Å².